The normalized spacial score (nSPS) is 10.2. The lowest BCUT2D eigenvalue weighted by Gasteiger charge is -2.07. The van der Waals surface area contributed by atoms with Crippen molar-refractivity contribution >= 4 is 23.5 Å². The molecule has 0 aliphatic carbocycles. The lowest BCUT2D eigenvalue weighted by molar-refractivity contribution is -0.115. The Bertz CT molecular complexity index is 733. The maximum Gasteiger partial charge on any atom is 0.360 e. The maximum atomic E-state index is 12.0. The number of esters is 1. The minimum atomic E-state index is -0.663. The van der Waals surface area contributed by atoms with Gasteiger partial charge in [-0.1, -0.05) is 0 Å². The minimum absolute atomic E-state index is 0.00166. The molecule has 2 heterocycles. The van der Waals surface area contributed by atoms with E-state index < -0.39 is 17.8 Å². The van der Waals surface area contributed by atoms with Crippen LogP contribution in [0.3, 0.4) is 0 Å². The number of methoxy groups -OCH3 is 1. The summed E-state index contributed by atoms with van der Waals surface area (Å²) in [6.45, 7) is 1.41. The van der Waals surface area contributed by atoms with E-state index in [1.807, 2.05) is 0 Å². The first-order valence-corrected chi connectivity index (χ1v) is 6.67. The summed E-state index contributed by atoms with van der Waals surface area (Å²) in [5.41, 5.74) is 0.825. The van der Waals surface area contributed by atoms with E-state index >= 15 is 0 Å². The van der Waals surface area contributed by atoms with Crippen molar-refractivity contribution in [3.05, 3.63) is 35.5 Å². The zero-order valence-electron chi connectivity index (χ0n) is 12.9. The van der Waals surface area contributed by atoms with Crippen LogP contribution in [0.15, 0.2) is 22.8 Å². The van der Waals surface area contributed by atoms with Crippen LogP contribution in [0, 0.1) is 6.92 Å². The van der Waals surface area contributed by atoms with Gasteiger partial charge in [0.1, 0.15) is 0 Å². The van der Waals surface area contributed by atoms with Gasteiger partial charge in [0.2, 0.25) is 5.91 Å². The third-order valence-electron chi connectivity index (χ3n) is 3.13. The summed E-state index contributed by atoms with van der Waals surface area (Å²) in [4.78, 5) is 35.3. The highest BCUT2D eigenvalue weighted by molar-refractivity contribution is 6.02. The van der Waals surface area contributed by atoms with Crippen LogP contribution in [0.25, 0.3) is 0 Å². The summed E-state index contributed by atoms with van der Waals surface area (Å²) in [6, 6.07) is 3.05. The molecule has 0 bridgehead atoms. The number of furan rings is 1. The maximum absolute atomic E-state index is 12.0. The van der Waals surface area contributed by atoms with E-state index in [0.29, 0.717) is 5.69 Å². The molecule has 0 unspecified atom stereocenters. The molecule has 2 N–H and O–H groups in total. The number of rotatable bonds is 5. The van der Waals surface area contributed by atoms with Gasteiger partial charge in [-0.15, -0.1) is 0 Å². The molecule has 9 nitrogen and oxygen atoms in total. The number of nitrogens with one attached hydrogen (secondary N) is 2. The smallest absolute Gasteiger partial charge is 0.360 e. The fourth-order valence-corrected chi connectivity index (χ4v) is 1.84. The van der Waals surface area contributed by atoms with E-state index in [2.05, 4.69) is 20.5 Å². The predicted molar refractivity (Wildman–Crippen MR) is 79.0 cm³/mol. The molecule has 0 aliphatic rings. The number of anilines is 1. The number of carbonyl (C=O) groups is 3. The summed E-state index contributed by atoms with van der Waals surface area (Å²) < 4.78 is 11.0. The second-order valence-electron chi connectivity index (χ2n) is 4.63. The van der Waals surface area contributed by atoms with Crippen LogP contribution in [-0.4, -0.2) is 41.2 Å². The molecule has 2 amide bonds. The molecule has 0 fully saturated rings. The van der Waals surface area contributed by atoms with Crippen LogP contribution in [0.1, 0.15) is 26.7 Å². The molecule has 0 aromatic carbocycles. The van der Waals surface area contributed by atoms with E-state index in [-0.39, 0.29) is 23.7 Å². The molecule has 23 heavy (non-hydrogen) atoms. The molecule has 0 saturated heterocycles. The zero-order valence-corrected chi connectivity index (χ0v) is 12.9. The van der Waals surface area contributed by atoms with Gasteiger partial charge in [-0.25, -0.2) is 4.79 Å². The average Bonchev–Trinajstić information content (AvgIpc) is 3.16. The van der Waals surface area contributed by atoms with E-state index in [4.69, 9.17) is 4.42 Å². The molecule has 0 aliphatic heterocycles. The number of aromatic nitrogens is 2. The van der Waals surface area contributed by atoms with Crippen LogP contribution >= 0.6 is 0 Å². The molecule has 2 aromatic rings. The highest BCUT2D eigenvalue weighted by atomic mass is 16.5. The summed E-state index contributed by atoms with van der Waals surface area (Å²) in [5.74, 6) is -1.58. The largest absolute Gasteiger partial charge is 0.464 e. The topological polar surface area (TPSA) is 115 Å². The van der Waals surface area contributed by atoms with Crippen LogP contribution in [0.4, 0.5) is 5.69 Å². The Balaban J connectivity index is 2.03. The first kappa shape index (κ1) is 16.3. The van der Waals surface area contributed by atoms with Crippen molar-refractivity contribution < 1.29 is 23.5 Å². The van der Waals surface area contributed by atoms with Gasteiger partial charge >= 0.3 is 5.97 Å². The van der Waals surface area contributed by atoms with Gasteiger partial charge in [0.15, 0.2) is 11.5 Å². The van der Waals surface area contributed by atoms with Gasteiger partial charge in [0, 0.05) is 7.05 Å². The Morgan fingerprint density at radius 1 is 1.39 bits per heavy atom. The van der Waals surface area contributed by atoms with Crippen molar-refractivity contribution in [3.63, 3.8) is 0 Å². The second kappa shape index (κ2) is 6.77. The monoisotopic (exact) mass is 320 g/mol. The molecule has 0 atom stereocenters. The third kappa shape index (κ3) is 3.57. The predicted octanol–water partition coefficient (Wildman–Crippen LogP) is 0.477. The zero-order chi connectivity index (χ0) is 17.0. The van der Waals surface area contributed by atoms with Gasteiger partial charge in [0.25, 0.3) is 5.91 Å². The molecule has 2 rings (SSSR count). The Morgan fingerprint density at radius 2 is 2.13 bits per heavy atom. The van der Waals surface area contributed by atoms with Gasteiger partial charge in [-0.05, 0) is 19.1 Å². The summed E-state index contributed by atoms with van der Waals surface area (Å²) >= 11 is 0. The number of amides is 2. The lowest BCUT2D eigenvalue weighted by atomic mass is 10.3. The summed E-state index contributed by atoms with van der Waals surface area (Å²) in [7, 11) is 2.86. The van der Waals surface area contributed by atoms with Crippen LogP contribution in [0.2, 0.25) is 0 Å². The lowest BCUT2D eigenvalue weighted by Crippen LogP contribution is -2.33. The summed E-state index contributed by atoms with van der Waals surface area (Å²) in [6.07, 6.45) is 1.36. The Morgan fingerprint density at radius 3 is 2.74 bits per heavy atom. The molecule has 122 valence electrons. The van der Waals surface area contributed by atoms with Crippen LogP contribution < -0.4 is 10.6 Å². The van der Waals surface area contributed by atoms with Crippen molar-refractivity contribution in [3.8, 4) is 0 Å². The Kier molecular flexibility index (Phi) is 4.79. The minimum Gasteiger partial charge on any atom is -0.464 e. The van der Waals surface area contributed by atoms with Crippen LogP contribution in [0.5, 0.6) is 0 Å². The van der Waals surface area contributed by atoms with E-state index in [1.165, 1.54) is 24.1 Å². The number of hydrogen-bond acceptors (Lipinski definition) is 6. The first-order chi connectivity index (χ1) is 10.9. The number of nitrogens with zero attached hydrogens (tertiary/aromatic N) is 2. The van der Waals surface area contributed by atoms with Crippen molar-refractivity contribution in [2.24, 2.45) is 7.05 Å². The van der Waals surface area contributed by atoms with E-state index in [1.54, 1.807) is 20.0 Å². The van der Waals surface area contributed by atoms with Crippen molar-refractivity contribution in [2.75, 3.05) is 19.0 Å². The fraction of sp³-hybridized carbons (Fsp3) is 0.286. The molecular formula is C14H16N4O5. The summed E-state index contributed by atoms with van der Waals surface area (Å²) in [5, 5.41) is 8.95. The van der Waals surface area contributed by atoms with Gasteiger partial charge in [0.05, 0.1) is 31.3 Å². The SMILES string of the molecule is COC(=O)c1nn(C)c(C)c1NC(=O)CNC(=O)c1ccco1. The Labute approximate surface area is 131 Å². The van der Waals surface area contributed by atoms with Gasteiger partial charge in [-0.3, -0.25) is 14.3 Å². The van der Waals surface area contributed by atoms with Gasteiger partial charge in [-0.2, -0.15) is 5.10 Å². The van der Waals surface area contributed by atoms with Crippen LogP contribution in [-0.2, 0) is 16.6 Å². The number of hydrogen-bond donors (Lipinski definition) is 2. The van der Waals surface area contributed by atoms with Crippen molar-refractivity contribution in [1.82, 2.24) is 15.1 Å². The first-order valence-electron chi connectivity index (χ1n) is 6.67. The van der Waals surface area contributed by atoms with Crippen molar-refractivity contribution in [2.45, 2.75) is 6.92 Å². The van der Waals surface area contributed by atoms with Gasteiger partial charge < -0.3 is 19.8 Å². The highest BCUT2D eigenvalue weighted by Gasteiger charge is 2.22. The third-order valence-corrected chi connectivity index (χ3v) is 3.13. The van der Waals surface area contributed by atoms with E-state index in [9.17, 15) is 14.4 Å². The quantitative estimate of drug-likeness (QED) is 0.774. The number of carbonyl (C=O) groups excluding carboxylic acids is 3. The molecular weight excluding hydrogens is 304 g/mol. The molecule has 9 heteroatoms. The Hall–Kier alpha value is -3.10. The molecule has 0 saturated carbocycles. The van der Waals surface area contributed by atoms with E-state index in [0.717, 1.165) is 0 Å². The average molecular weight is 320 g/mol. The fourth-order valence-electron chi connectivity index (χ4n) is 1.84. The standard InChI is InChI=1S/C14H16N4O5/c1-8-11(12(14(21)22-3)17-18(8)2)16-10(19)7-15-13(20)9-5-4-6-23-9/h4-6H,7H2,1-3H3,(H,15,20)(H,16,19). The molecule has 2 aromatic heterocycles. The second-order valence-corrected chi connectivity index (χ2v) is 4.63. The molecule has 0 spiro atoms. The molecule has 0 radical (unpaired) electrons. The van der Waals surface area contributed by atoms with Crippen molar-refractivity contribution in [1.29, 1.82) is 0 Å². The number of aryl methyl sites for hydroxylation is 1. The highest BCUT2D eigenvalue weighted by Crippen LogP contribution is 2.20. The number of ether oxygens (including phenoxy) is 1.